The van der Waals surface area contributed by atoms with E-state index in [1.54, 1.807) is 11.3 Å². The van der Waals surface area contributed by atoms with Crippen LogP contribution < -0.4 is 4.90 Å². The molecule has 1 aromatic carbocycles. The summed E-state index contributed by atoms with van der Waals surface area (Å²) in [5.74, 6) is -3.42. The second-order valence-corrected chi connectivity index (χ2v) is 7.35. The smallest absolute Gasteiger partial charge is 0.475 e. The number of fused-ring (bicyclic) bond motifs is 1. The highest BCUT2D eigenvalue weighted by Gasteiger charge is 2.38. The number of carboxylic acid groups (broad SMARTS) is 1. The van der Waals surface area contributed by atoms with Gasteiger partial charge in [-0.05, 0) is 18.2 Å². The van der Waals surface area contributed by atoms with E-state index in [1.165, 1.54) is 4.90 Å². The minimum absolute atomic E-state index is 0.447. The summed E-state index contributed by atoms with van der Waals surface area (Å²) in [5.41, 5.74) is -1.05. The fourth-order valence-corrected chi connectivity index (χ4v) is 3.71. The monoisotopic (exact) mass is 461 g/mol. The van der Waals surface area contributed by atoms with Crippen molar-refractivity contribution in [3.8, 4) is 0 Å². The van der Waals surface area contributed by atoms with Gasteiger partial charge in [0.25, 0.3) is 11.5 Å². The molecule has 1 aromatic heterocycles. The van der Waals surface area contributed by atoms with Gasteiger partial charge in [0.05, 0.1) is 10.2 Å². The Labute approximate surface area is 170 Å². The van der Waals surface area contributed by atoms with Crippen molar-refractivity contribution in [1.29, 1.82) is 0 Å². The number of thiazole rings is 1. The standard InChI is InChI=1S/C13H12Cl2FN3OS.C2HF3O2/c14-8-1-2-9-10(7-8)21-13(17-9)19-5-3-18(4-6-19)12(20)11(15)16;3-2(4,5)1(6)7/h1-2,7,11H,3-6H2;(H,6,7). The molecule has 1 saturated heterocycles. The van der Waals surface area contributed by atoms with E-state index < -0.39 is 23.7 Å². The van der Waals surface area contributed by atoms with Crippen molar-refractivity contribution in [2.24, 2.45) is 0 Å². The molecule has 28 heavy (non-hydrogen) atoms. The number of carboxylic acids is 1. The van der Waals surface area contributed by atoms with E-state index >= 15 is 0 Å². The molecule has 13 heteroatoms. The Morgan fingerprint density at radius 3 is 2.29 bits per heavy atom. The summed E-state index contributed by atoms with van der Waals surface area (Å²) in [7, 11) is 0. The second kappa shape index (κ2) is 9.10. The van der Waals surface area contributed by atoms with Crippen LogP contribution in [0.2, 0.25) is 5.02 Å². The van der Waals surface area contributed by atoms with Crippen molar-refractivity contribution in [3.63, 3.8) is 0 Å². The van der Waals surface area contributed by atoms with E-state index in [1.807, 2.05) is 18.2 Å². The molecule has 154 valence electrons. The third-order valence-electron chi connectivity index (χ3n) is 3.63. The average Bonchev–Trinajstić information content (AvgIpc) is 3.04. The number of aromatic nitrogens is 1. The Morgan fingerprint density at radius 2 is 1.79 bits per heavy atom. The minimum atomic E-state index is -5.08. The van der Waals surface area contributed by atoms with Gasteiger partial charge in [0.15, 0.2) is 5.13 Å². The Bertz CT molecular complexity index is 855. The maximum Gasteiger partial charge on any atom is 0.490 e. The summed E-state index contributed by atoms with van der Waals surface area (Å²) in [6.07, 6.45) is -5.08. The quantitative estimate of drug-likeness (QED) is 0.544. The third kappa shape index (κ3) is 5.82. The molecule has 3 rings (SSSR count). The first-order chi connectivity index (χ1) is 13.0. The van der Waals surface area contributed by atoms with Crippen molar-refractivity contribution < 1.29 is 32.3 Å². The first kappa shape index (κ1) is 22.4. The van der Waals surface area contributed by atoms with Crippen molar-refractivity contribution in [2.75, 3.05) is 31.1 Å². The van der Waals surface area contributed by atoms with E-state index in [0.29, 0.717) is 31.2 Å². The molecule has 1 aliphatic rings. The maximum atomic E-state index is 12.8. The zero-order chi connectivity index (χ0) is 21.1. The molecule has 1 aliphatic heterocycles. The van der Waals surface area contributed by atoms with E-state index in [2.05, 4.69) is 9.88 Å². The number of amides is 1. The van der Waals surface area contributed by atoms with Crippen molar-refractivity contribution >= 4 is 61.8 Å². The van der Waals surface area contributed by atoms with Gasteiger partial charge in [-0.2, -0.15) is 13.2 Å². The van der Waals surface area contributed by atoms with Gasteiger partial charge in [-0.15, -0.1) is 0 Å². The van der Waals surface area contributed by atoms with Crippen LogP contribution in [-0.4, -0.2) is 64.9 Å². The van der Waals surface area contributed by atoms with Crippen LogP contribution in [0.25, 0.3) is 10.2 Å². The Kier molecular flexibility index (Phi) is 7.29. The fourth-order valence-electron chi connectivity index (χ4n) is 2.28. The number of hydrogen-bond acceptors (Lipinski definition) is 5. The predicted octanol–water partition coefficient (Wildman–Crippen LogP) is 3.77. The van der Waals surface area contributed by atoms with Gasteiger partial charge in [0.1, 0.15) is 0 Å². The molecule has 1 unspecified atom stereocenters. The normalized spacial score (nSPS) is 15.8. The van der Waals surface area contributed by atoms with Crippen LogP contribution in [0.4, 0.5) is 22.7 Å². The highest BCUT2D eigenvalue weighted by molar-refractivity contribution is 7.22. The molecule has 1 atom stereocenters. The van der Waals surface area contributed by atoms with Crippen LogP contribution in [0.1, 0.15) is 0 Å². The highest BCUT2D eigenvalue weighted by atomic mass is 35.5. The molecule has 1 fully saturated rings. The number of nitrogens with zero attached hydrogens (tertiary/aromatic N) is 3. The number of halogens is 6. The van der Waals surface area contributed by atoms with Crippen LogP contribution in [0.15, 0.2) is 18.2 Å². The molecular formula is C15H13Cl2F4N3O3S. The molecule has 2 heterocycles. The zero-order valence-electron chi connectivity index (χ0n) is 13.9. The molecule has 1 amide bonds. The zero-order valence-corrected chi connectivity index (χ0v) is 16.2. The lowest BCUT2D eigenvalue weighted by Crippen LogP contribution is -2.50. The molecule has 1 N–H and O–H groups in total. The number of anilines is 1. The number of alkyl halides is 5. The van der Waals surface area contributed by atoms with Crippen LogP contribution in [0, 0.1) is 0 Å². The molecule has 0 spiro atoms. The van der Waals surface area contributed by atoms with Gasteiger partial charge in [-0.3, -0.25) is 4.79 Å². The molecule has 0 aliphatic carbocycles. The van der Waals surface area contributed by atoms with Gasteiger partial charge in [0.2, 0.25) is 0 Å². The van der Waals surface area contributed by atoms with Crippen LogP contribution >= 0.6 is 34.5 Å². The number of carbonyl (C=O) groups is 2. The molecule has 6 nitrogen and oxygen atoms in total. The van der Waals surface area contributed by atoms with E-state index in [9.17, 15) is 22.4 Å². The molecular weight excluding hydrogens is 449 g/mol. The molecule has 2 aromatic rings. The largest absolute Gasteiger partial charge is 0.490 e. The van der Waals surface area contributed by atoms with E-state index in [-0.39, 0.29) is 0 Å². The van der Waals surface area contributed by atoms with Gasteiger partial charge in [-0.1, -0.05) is 34.5 Å². The summed E-state index contributed by atoms with van der Waals surface area (Å²) in [4.78, 5) is 28.5. The third-order valence-corrected chi connectivity index (χ3v) is 5.13. The number of benzene rings is 1. The van der Waals surface area contributed by atoms with Crippen LogP contribution in [0.5, 0.6) is 0 Å². The first-order valence-electron chi connectivity index (χ1n) is 7.67. The summed E-state index contributed by atoms with van der Waals surface area (Å²) in [5, 5.41) is 8.70. The lowest BCUT2D eigenvalue weighted by molar-refractivity contribution is -0.192. The number of aliphatic carboxylic acids is 1. The number of carbonyl (C=O) groups excluding carboxylic acids is 1. The van der Waals surface area contributed by atoms with E-state index in [4.69, 9.17) is 33.1 Å². The van der Waals surface area contributed by atoms with Crippen LogP contribution in [0.3, 0.4) is 0 Å². The topological polar surface area (TPSA) is 73.7 Å². The number of piperazine rings is 1. The highest BCUT2D eigenvalue weighted by Crippen LogP contribution is 2.31. The van der Waals surface area contributed by atoms with Gasteiger partial charge in [-0.25, -0.2) is 14.2 Å². The summed E-state index contributed by atoms with van der Waals surface area (Å²) >= 11 is 12.7. The second-order valence-electron chi connectivity index (χ2n) is 5.52. The number of rotatable bonds is 2. The summed E-state index contributed by atoms with van der Waals surface area (Å²) < 4.78 is 45.6. The van der Waals surface area contributed by atoms with E-state index in [0.717, 1.165) is 15.3 Å². The van der Waals surface area contributed by atoms with Gasteiger partial charge in [0, 0.05) is 31.2 Å². The number of hydrogen-bond donors (Lipinski definition) is 1. The van der Waals surface area contributed by atoms with Crippen LogP contribution in [-0.2, 0) is 9.59 Å². The Balaban J connectivity index is 0.000000345. The molecule has 0 radical (unpaired) electrons. The molecule has 0 bridgehead atoms. The van der Waals surface area contributed by atoms with Crippen molar-refractivity contribution in [1.82, 2.24) is 9.88 Å². The molecule has 0 saturated carbocycles. The average molecular weight is 462 g/mol. The first-order valence-corrected chi connectivity index (χ1v) is 9.30. The van der Waals surface area contributed by atoms with Crippen molar-refractivity contribution in [2.45, 2.75) is 11.8 Å². The van der Waals surface area contributed by atoms with Gasteiger partial charge < -0.3 is 14.9 Å². The van der Waals surface area contributed by atoms with Crippen molar-refractivity contribution in [3.05, 3.63) is 23.2 Å². The van der Waals surface area contributed by atoms with Gasteiger partial charge >= 0.3 is 12.1 Å². The predicted molar refractivity (Wildman–Crippen MR) is 97.9 cm³/mol. The Morgan fingerprint density at radius 1 is 1.21 bits per heavy atom. The SMILES string of the molecule is O=C(C(F)Cl)N1CCN(c2nc3ccc(Cl)cc3s2)CC1.O=C(O)C(F)(F)F. The minimum Gasteiger partial charge on any atom is -0.475 e. The lowest BCUT2D eigenvalue weighted by Gasteiger charge is -2.34. The fraction of sp³-hybridized carbons (Fsp3) is 0.400. The summed E-state index contributed by atoms with van der Waals surface area (Å²) in [6, 6.07) is 5.59. The lowest BCUT2D eigenvalue weighted by atomic mass is 10.3. The Hall–Kier alpha value is -1.85. The maximum absolute atomic E-state index is 12.8. The summed E-state index contributed by atoms with van der Waals surface area (Å²) in [6.45, 7) is 2.12.